The first-order chi connectivity index (χ1) is 18.6. The van der Waals surface area contributed by atoms with E-state index >= 15 is 0 Å². The molecule has 0 fully saturated rings. The molecule has 0 aromatic carbocycles. The van der Waals surface area contributed by atoms with E-state index in [0.29, 0.717) is 31.3 Å². The van der Waals surface area contributed by atoms with E-state index in [4.69, 9.17) is 9.47 Å². The van der Waals surface area contributed by atoms with E-state index in [1.54, 1.807) is 25.2 Å². The monoisotopic (exact) mass is 547 g/mol. The van der Waals surface area contributed by atoms with E-state index < -0.39 is 48.6 Å². The highest BCUT2D eigenvalue weighted by Gasteiger charge is 2.30. The number of alkyl carbamates (subject to hydrolysis) is 1. The standard InChI is InChI=1S/C28H38FN3O7/c1-17-12-13-19(33)9-5-6-10-20-24(31-15-14-29)22(34)16-21(25(20)35)32-27(36)18(2)8-7-11-23(38-4)26(17)39-28(37)30-3/h7-8,11-12,16,19,23,26,31,33H,5-6,9-10,13-15H2,1-4H3,(H,30,37)(H,32,36)/b11-7-,17-12+,18-8+. The van der Waals surface area contributed by atoms with Gasteiger partial charge in [0.05, 0.1) is 17.5 Å². The van der Waals surface area contributed by atoms with Gasteiger partial charge in [0.25, 0.3) is 5.91 Å². The van der Waals surface area contributed by atoms with Crippen LogP contribution in [0.3, 0.4) is 0 Å². The first-order valence-corrected chi connectivity index (χ1v) is 12.9. The fourth-order valence-electron chi connectivity index (χ4n) is 4.13. The smallest absolute Gasteiger partial charge is 0.407 e. The zero-order valence-electron chi connectivity index (χ0n) is 22.8. The zero-order valence-corrected chi connectivity index (χ0v) is 22.8. The van der Waals surface area contributed by atoms with Crippen LogP contribution in [0.25, 0.3) is 0 Å². The number of hydrogen-bond donors (Lipinski definition) is 4. The molecule has 2 amide bonds. The average molecular weight is 548 g/mol. The number of nitrogens with one attached hydrogen (secondary N) is 3. The van der Waals surface area contributed by atoms with Crippen molar-refractivity contribution in [3.63, 3.8) is 0 Å². The summed E-state index contributed by atoms with van der Waals surface area (Å²) in [6, 6.07) is 0. The molecular weight excluding hydrogens is 509 g/mol. The summed E-state index contributed by atoms with van der Waals surface area (Å²) < 4.78 is 23.8. The second-order valence-electron chi connectivity index (χ2n) is 9.27. The van der Waals surface area contributed by atoms with E-state index in [2.05, 4.69) is 16.0 Å². The number of hydrogen-bond acceptors (Lipinski definition) is 8. The summed E-state index contributed by atoms with van der Waals surface area (Å²) in [5.74, 6) is -1.62. The Labute approximate surface area is 228 Å². The van der Waals surface area contributed by atoms with Crippen LogP contribution in [0, 0.1) is 0 Å². The van der Waals surface area contributed by atoms with Gasteiger partial charge in [-0.25, -0.2) is 9.18 Å². The van der Waals surface area contributed by atoms with Crippen LogP contribution in [0.15, 0.2) is 58.5 Å². The van der Waals surface area contributed by atoms with Crippen molar-refractivity contribution in [3.8, 4) is 0 Å². The summed E-state index contributed by atoms with van der Waals surface area (Å²) in [6.07, 6.45) is 6.61. The van der Waals surface area contributed by atoms with Gasteiger partial charge in [-0.15, -0.1) is 0 Å². The Kier molecular flexibility index (Phi) is 12.8. The predicted molar refractivity (Wildman–Crippen MR) is 143 cm³/mol. The third kappa shape index (κ3) is 9.29. The summed E-state index contributed by atoms with van der Waals surface area (Å²) in [5, 5.41) is 18.1. The maximum atomic E-state index is 13.2. The van der Waals surface area contributed by atoms with Crippen molar-refractivity contribution in [2.75, 3.05) is 27.4 Å². The van der Waals surface area contributed by atoms with E-state index in [1.165, 1.54) is 27.2 Å². The first kappa shape index (κ1) is 31.6. The lowest BCUT2D eigenvalue weighted by molar-refractivity contribution is -0.120. The minimum absolute atomic E-state index is 0.0311. The number of halogens is 1. The zero-order chi connectivity index (χ0) is 28.9. The number of carbonyl (C=O) groups excluding carboxylic acids is 4. The lowest BCUT2D eigenvalue weighted by Gasteiger charge is -2.25. The lowest BCUT2D eigenvalue weighted by atomic mass is 9.92. The number of allylic oxidation sites excluding steroid dienone is 4. The van der Waals surface area contributed by atoms with Crippen LogP contribution in [0.1, 0.15) is 46.0 Å². The Hall–Kier alpha value is -3.57. The highest BCUT2D eigenvalue weighted by atomic mass is 19.1. The first-order valence-electron chi connectivity index (χ1n) is 12.9. The van der Waals surface area contributed by atoms with Crippen molar-refractivity contribution in [1.82, 2.24) is 16.0 Å². The Morgan fingerprint density at radius 3 is 2.64 bits per heavy atom. The van der Waals surface area contributed by atoms with Crippen molar-refractivity contribution in [1.29, 1.82) is 0 Å². The van der Waals surface area contributed by atoms with Crippen LogP contribution in [-0.4, -0.2) is 74.4 Å². The van der Waals surface area contributed by atoms with Crippen molar-refractivity contribution in [2.24, 2.45) is 0 Å². The average Bonchev–Trinajstić information content (AvgIpc) is 2.91. The summed E-state index contributed by atoms with van der Waals surface area (Å²) >= 11 is 0. The summed E-state index contributed by atoms with van der Waals surface area (Å²) in [7, 11) is 2.89. The van der Waals surface area contributed by atoms with Crippen molar-refractivity contribution in [2.45, 2.75) is 64.3 Å². The molecule has 4 N–H and O–H groups in total. The fraction of sp³-hybridized carbons (Fsp3) is 0.500. The van der Waals surface area contributed by atoms with Crippen LogP contribution in [0.5, 0.6) is 0 Å². The van der Waals surface area contributed by atoms with E-state index in [-0.39, 0.29) is 35.5 Å². The maximum absolute atomic E-state index is 13.2. The molecule has 3 atom stereocenters. The van der Waals surface area contributed by atoms with E-state index in [9.17, 15) is 28.7 Å². The van der Waals surface area contributed by atoms with Crippen LogP contribution in [0.2, 0.25) is 0 Å². The van der Waals surface area contributed by atoms with Gasteiger partial charge in [-0.1, -0.05) is 30.7 Å². The van der Waals surface area contributed by atoms with Crippen LogP contribution in [-0.2, 0) is 23.9 Å². The van der Waals surface area contributed by atoms with Crippen LogP contribution >= 0.6 is 0 Å². The SMILES string of the molecule is CNC(=O)OC1/C(C)=C/CC(O)CCCCC2=C(NCCF)C(=O)C=C(NC(=O)/C(C)=C/C=C\C1OC)C2=O. The molecule has 11 heteroatoms. The third-order valence-corrected chi connectivity index (χ3v) is 6.38. The number of rotatable bonds is 5. The molecule has 10 nitrogen and oxygen atoms in total. The molecule has 0 spiro atoms. The second kappa shape index (κ2) is 15.7. The minimum atomic E-state index is -0.793. The van der Waals surface area contributed by atoms with Gasteiger partial charge in [-0.3, -0.25) is 14.4 Å². The highest BCUT2D eigenvalue weighted by molar-refractivity contribution is 6.23. The van der Waals surface area contributed by atoms with Crippen molar-refractivity contribution < 1.29 is 38.1 Å². The topological polar surface area (TPSA) is 143 Å². The molecule has 0 aromatic rings. The molecule has 3 unspecified atom stereocenters. The number of fused-ring (bicyclic) bond motifs is 2. The Morgan fingerprint density at radius 2 is 1.97 bits per heavy atom. The minimum Gasteiger partial charge on any atom is -0.439 e. The van der Waals surface area contributed by atoms with Gasteiger partial charge in [0.2, 0.25) is 11.6 Å². The predicted octanol–water partition coefficient (Wildman–Crippen LogP) is 2.46. The van der Waals surface area contributed by atoms with Gasteiger partial charge in [0.1, 0.15) is 12.8 Å². The largest absolute Gasteiger partial charge is 0.439 e. The number of alkyl halides is 1. The van der Waals surface area contributed by atoms with E-state index in [1.807, 2.05) is 0 Å². The quantitative estimate of drug-likeness (QED) is 0.304. The molecule has 214 valence electrons. The number of amides is 2. The molecule has 1 heterocycles. The number of aliphatic hydroxyl groups is 1. The number of ketones is 2. The van der Waals surface area contributed by atoms with Gasteiger partial charge in [-0.05, 0) is 45.1 Å². The second-order valence-corrected chi connectivity index (χ2v) is 9.27. The molecule has 0 aromatic heterocycles. The molecule has 0 radical (unpaired) electrons. The maximum Gasteiger partial charge on any atom is 0.407 e. The number of Topliss-reactive ketones (excluding diaryl/α,β-unsaturated/α-hetero) is 1. The third-order valence-electron chi connectivity index (χ3n) is 6.38. The Morgan fingerprint density at radius 1 is 1.23 bits per heavy atom. The summed E-state index contributed by atoms with van der Waals surface area (Å²) in [5.41, 5.74) is 0.959. The van der Waals surface area contributed by atoms with Crippen LogP contribution < -0.4 is 16.0 Å². The van der Waals surface area contributed by atoms with Gasteiger partial charge >= 0.3 is 6.09 Å². The lowest BCUT2D eigenvalue weighted by Crippen LogP contribution is -2.36. The van der Waals surface area contributed by atoms with Crippen LogP contribution in [0.4, 0.5) is 9.18 Å². The van der Waals surface area contributed by atoms with Gasteiger partial charge in [-0.2, -0.15) is 0 Å². The molecule has 39 heavy (non-hydrogen) atoms. The number of methoxy groups -OCH3 is 1. The molecular formula is C28H38FN3O7. The Balaban J connectivity index is 2.42. The highest BCUT2D eigenvalue weighted by Crippen LogP contribution is 2.23. The molecule has 1 aliphatic carbocycles. The molecule has 2 aliphatic rings. The molecule has 1 aliphatic heterocycles. The molecule has 0 saturated heterocycles. The Bertz CT molecular complexity index is 1090. The van der Waals surface area contributed by atoms with E-state index in [0.717, 1.165) is 6.08 Å². The molecule has 2 bridgehead atoms. The fourth-order valence-corrected chi connectivity index (χ4v) is 4.13. The number of carbonyl (C=O) groups is 4. The summed E-state index contributed by atoms with van der Waals surface area (Å²) in [4.78, 5) is 50.7. The van der Waals surface area contributed by atoms with Gasteiger partial charge in [0, 0.05) is 37.9 Å². The normalized spacial score (nSPS) is 27.4. The molecule has 0 saturated carbocycles. The van der Waals surface area contributed by atoms with Gasteiger partial charge in [0.15, 0.2) is 6.10 Å². The van der Waals surface area contributed by atoms with Crippen molar-refractivity contribution >= 4 is 23.6 Å². The summed E-state index contributed by atoms with van der Waals surface area (Å²) in [6.45, 7) is 2.46. The number of ether oxygens (including phenoxy) is 2. The van der Waals surface area contributed by atoms with Gasteiger partial charge < -0.3 is 30.5 Å². The van der Waals surface area contributed by atoms with Crippen molar-refractivity contribution in [3.05, 3.63) is 58.5 Å². The molecule has 2 rings (SSSR count). The number of aliphatic hydroxyl groups excluding tert-OH is 1.